The number of allylic oxidation sites excluding steroid dienone is 4. The van der Waals surface area contributed by atoms with Gasteiger partial charge in [0, 0.05) is 5.56 Å². The summed E-state index contributed by atoms with van der Waals surface area (Å²) < 4.78 is 0.457. The van der Waals surface area contributed by atoms with E-state index in [2.05, 4.69) is 20.9 Å². The lowest BCUT2D eigenvalue weighted by molar-refractivity contribution is -0.110. The SMILES string of the molecule is CC1=CC(=O)C(Br)=C(C)C1=NC(=O)c1ccc(C)cc1. The van der Waals surface area contributed by atoms with E-state index in [4.69, 9.17) is 0 Å². The lowest BCUT2D eigenvalue weighted by atomic mass is 9.97. The highest BCUT2D eigenvalue weighted by molar-refractivity contribution is 9.12. The molecule has 2 rings (SSSR count). The minimum atomic E-state index is -0.304. The molecule has 1 aliphatic rings. The van der Waals surface area contributed by atoms with Crippen LogP contribution in [0.2, 0.25) is 0 Å². The van der Waals surface area contributed by atoms with Gasteiger partial charge in [-0.3, -0.25) is 9.59 Å². The van der Waals surface area contributed by atoms with Gasteiger partial charge in [-0.15, -0.1) is 0 Å². The predicted molar refractivity (Wildman–Crippen MR) is 83.3 cm³/mol. The van der Waals surface area contributed by atoms with Crippen LogP contribution in [0.3, 0.4) is 0 Å². The number of hydrogen-bond acceptors (Lipinski definition) is 2. The van der Waals surface area contributed by atoms with Crippen molar-refractivity contribution < 1.29 is 9.59 Å². The molecule has 1 amide bonds. The summed E-state index contributed by atoms with van der Waals surface area (Å²) >= 11 is 3.24. The molecule has 1 aromatic rings. The third-order valence-corrected chi connectivity index (χ3v) is 4.12. The van der Waals surface area contributed by atoms with Gasteiger partial charge in [-0.2, -0.15) is 0 Å². The maximum absolute atomic E-state index is 12.2. The Morgan fingerprint density at radius 3 is 2.30 bits per heavy atom. The fraction of sp³-hybridized carbons (Fsp3) is 0.188. The van der Waals surface area contributed by atoms with Crippen LogP contribution in [-0.2, 0) is 4.79 Å². The van der Waals surface area contributed by atoms with Crippen molar-refractivity contribution in [2.45, 2.75) is 20.8 Å². The van der Waals surface area contributed by atoms with Gasteiger partial charge in [-0.1, -0.05) is 17.7 Å². The van der Waals surface area contributed by atoms with Crippen molar-refractivity contribution in [1.29, 1.82) is 0 Å². The van der Waals surface area contributed by atoms with Crippen molar-refractivity contribution in [3.63, 3.8) is 0 Å². The molecule has 20 heavy (non-hydrogen) atoms. The first-order valence-corrected chi connectivity index (χ1v) is 6.99. The van der Waals surface area contributed by atoms with Gasteiger partial charge in [-0.25, -0.2) is 4.99 Å². The van der Waals surface area contributed by atoms with Gasteiger partial charge in [0.2, 0.25) is 0 Å². The second-order valence-corrected chi connectivity index (χ2v) is 5.56. The van der Waals surface area contributed by atoms with Crippen molar-refractivity contribution in [1.82, 2.24) is 0 Å². The second kappa shape index (κ2) is 5.67. The van der Waals surface area contributed by atoms with Crippen molar-refractivity contribution in [3.05, 3.63) is 57.1 Å². The fourth-order valence-corrected chi connectivity index (χ4v) is 2.25. The van der Waals surface area contributed by atoms with E-state index in [1.54, 1.807) is 26.0 Å². The zero-order chi connectivity index (χ0) is 14.9. The molecule has 0 radical (unpaired) electrons. The lowest BCUT2D eigenvalue weighted by Crippen LogP contribution is -2.15. The maximum atomic E-state index is 12.2. The average molecular weight is 332 g/mol. The first-order chi connectivity index (χ1) is 9.40. The van der Waals surface area contributed by atoms with Gasteiger partial charge in [0.25, 0.3) is 5.91 Å². The summed E-state index contributed by atoms with van der Waals surface area (Å²) in [5, 5.41) is 0. The van der Waals surface area contributed by atoms with E-state index in [0.29, 0.717) is 26.9 Å². The topological polar surface area (TPSA) is 46.5 Å². The Kier molecular flexibility index (Phi) is 4.14. The molecule has 0 fully saturated rings. The monoisotopic (exact) mass is 331 g/mol. The number of carbonyl (C=O) groups is 2. The van der Waals surface area contributed by atoms with Gasteiger partial charge in [0.15, 0.2) is 5.78 Å². The molecule has 1 aliphatic carbocycles. The molecule has 4 heteroatoms. The number of amides is 1. The minimum absolute atomic E-state index is 0.0956. The smallest absolute Gasteiger partial charge is 0.277 e. The molecule has 0 atom stereocenters. The summed E-state index contributed by atoms with van der Waals surface area (Å²) in [4.78, 5) is 28.0. The van der Waals surface area contributed by atoms with Crippen LogP contribution in [0.4, 0.5) is 0 Å². The largest absolute Gasteiger partial charge is 0.289 e. The predicted octanol–water partition coefficient (Wildman–Crippen LogP) is 3.77. The lowest BCUT2D eigenvalue weighted by Gasteiger charge is -2.14. The molecule has 0 saturated carbocycles. The zero-order valence-electron chi connectivity index (χ0n) is 11.5. The molecular weight excluding hydrogens is 318 g/mol. The van der Waals surface area contributed by atoms with Gasteiger partial charge in [-0.05, 0) is 66.1 Å². The van der Waals surface area contributed by atoms with Crippen LogP contribution in [0.15, 0.2) is 51.0 Å². The first kappa shape index (κ1) is 14.6. The highest BCUT2D eigenvalue weighted by Gasteiger charge is 2.21. The van der Waals surface area contributed by atoms with E-state index < -0.39 is 0 Å². The number of aryl methyl sites for hydroxylation is 1. The highest BCUT2D eigenvalue weighted by Crippen LogP contribution is 2.24. The third-order valence-electron chi connectivity index (χ3n) is 3.13. The summed E-state index contributed by atoms with van der Waals surface area (Å²) in [5.41, 5.74) is 3.58. The van der Waals surface area contributed by atoms with Gasteiger partial charge >= 0.3 is 0 Å². The standard InChI is InChI=1S/C16H14BrNO2/c1-9-4-6-12(7-5-9)16(20)18-15-10(2)8-13(19)14(17)11(15)3/h4-8H,1-3H3. The molecule has 0 saturated heterocycles. The van der Waals surface area contributed by atoms with Gasteiger partial charge < -0.3 is 0 Å². The quantitative estimate of drug-likeness (QED) is 0.735. The number of halogens is 1. The number of carbonyl (C=O) groups excluding carboxylic acids is 2. The molecular formula is C16H14BrNO2. The molecule has 0 spiro atoms. The van der Waals surface area contributed by atoms with E-state index in [1.807, 2.05) is 19.1 Å². The van der Waals surface area contributed by atoms with Crippen LogP contribution in [0, 0.1) is 6.92 Å². The van der Waals surface area contributed by atoms with Crippen LogP contribution < -0.4 is 0 Å². The Balaban J connectivity index is 2.40. The molecule has 0 bridgehead atoms. The Hall–Kier alpha value is -1.81. The van der Waals surface area contributed by atoms with Crippen LogP contribution in [0.5, 0.6) is 0 Å². The summed E-state index contributed by atoms with van der Waals surface area (Å²) in [6, 6.07) is 7.25. The van der Waals surface area contributed by atoms with Crippen molar-refractivity contribution in [3.8, 4) is 0 Å². The summed E-state index contributed by atoms with van der Waals surface area (Å²) in [7, 11) is 0. The van der Waals surface area contributed by atoms with E-state index in [1.165, 1.54) is 6.08 Å². The number of rotatable bonds is 1. The number of ketones is 1. The third kappa shape index (κ3) is 2.85. The number of hydrogen-bond donors (Lipinski definition) is 0. The second-order valence-electron chi connectivity index (χ2n) is 4.76. The van der Waals surface area contributed by atoms with Gasteiger partial charge in [0.1, 0.15) is 0 Å². The molecule has 1 aromatic carbocycles. The van der Waals surface area contributed by atoms with E-state index >= 15 is 0 Å². The van der Waals surface area contributed by atoms with Crippen molar-refractivity contribution in [2.24, 2.45) is 4.99 Å². The molecule has 0 unspecified atom stereocenters. The summed E-state index contributed by atoms with van der Waals surface area (Å²) in [6.45, 7) is 5.52. The minimum Gasteiger partial charge on any atom is -0.289 e. The zero-order valence-corrected chi connectivity index (χ0v) is 13.1. The molecule has 3 nitrogen and oxygen atoms in total. The van der Waals surface area contributed by atoms with E-state index in [0.717, 1.165) is 5.56 Å². The number of aliphatic imine (C=N–C) groups is 1. The maximum Gasteiger partial charge on any atom is 0.277 e. The molecule has 102 valence electrons. The van der Waals surface area contributed by atoms with Crippen molar-refractivity contribution >= 4 is 33.3 Å². The van der Waals surface area contributed by atoms with Crippen LogP contribution >= 0.6 is 15.9 Å². The highest BCUT2D eigenvalue weighted by atomic mass is 79.9. The number of nitrogens with zero attached hydrogens (tertiary/aromatic N) is 1. The Labute approximate surface area is 126 Å². The average Bonchev–Trinajstić information content (AvgIpc) is 2.42. The molecule has 0 N–H and O–H groups in total. The molecule has 0 aliphatic heterocycles. The fourth-order valence-electron chi connectivity index (χ4n) is 1.95. The first-order valence-electron chi connectivity index (χ1n) is 6.19. The van der Waals surface area contributed by atoms with E-state index in [-0.39, 0.29) is 11.7 Å². The Morgan fingerprint density at radius 1 is 1.10 bits per heavy atom. The number of benzene rings is 1. The summed E-state index contributed by atoms with van der Waals surface area (Å²) in [6.07, 6.45) is 1.48. The Bertz CT molecular complexity index is 679. The van der Waals surface area contributed by atoms with Crippen LogP contribution in [0.1, 0.15) is 29.8 Å². The summed E-state index contributed by atoms with van der Waals surface area (Å²) in [5.74, 6) is -0.400. The van der Waals surface area contributed by atoms with Gasteiger partial charge in [0.05, 0.1) is 10.2 Å². The van der Waals surface area contributed by atoms with Crippen molar-refractivity contribution in [2.75, 3.05) is 0 Å². The Morgan fingerprint density at radius 2 is 1.70 bits per heavy atom. The van der Waals surface area contributed by atoms with Crippen LogP contribution in [-0.4, -0.2) is 17.4 Å². The van der Waals surface area contributed by atoms with Crippen LogP contribution in [0.25, 0.3) is 0 Å². The molecule has 0 heterocycles. The normalized spacial score (nSPS) is 17.5. The molecule has 0 aromatic heterocycles. The van der Waals surface area contributed by atoms with E-state index in [9.17, 15) is 9.59 Å².